The quantitative estimate of drug-likeness (QED) is 0.139. The van der Waals surface area contributed by atoms with E-state index >= 15 is 0 Å². The predicted octanol–water partition coefficient (Wildman–Crippen LogP) is 13.7. The van der Waals surface area contributed by atoms with E-state index < -0.39 is 0 Å². The van der Waals surface area contributed by atoms with Gasteiger partial charge in [0.1, 0.15) is 0 Å². The van der Waals surface area contributed by atoms with Crippen LogP contribution in [-0.4, -0.2) is 0 Å². The summed E-state index contributed by atoms with van der Waals surface area (Å²) in [6.45, 7) is 13.8. The zero-order chi connectivity index (χ0) is 30.7. The molecule has 0 aromatic carbocycles. The van der Waals surface area contributed by atoms with Crippen LogP contribution in [0.4, 0.5) is 0 Å². The van der Waals surface area contributed by atoms with Gasteiger partial charge in [-0.2, -0.15) is 0 Å². The van der Waals surface area contributed by atoms with Crippen molar-refractivity contribution in [2.24, 2.45) is 0 Å². The summed E-state index contributed by atoms with van der Waals surface area (Å²) >= 11 is 0. The van der Waals surface area contributed by atoms with Gasteiger partial charge in [-0.25, -0.2) is 0 Å². The summed E-state index contributed by atoms with van der Waals surface area (Å²) in [5.74, 6) is 4.73. The average molecular weight is 668 g/mol. The molecule has 2 aromatic heterocycles. The molecule has 0 nitrogen and oxygen atoms in total. The molecule has 0 fully saturated rings. The molecule has 0 amide bonds. The predicted molar refractivity (Wildman–Crippen MR) is 199 cm³/mol. The Hall–Kier alpha value is -0.986. The van der Waals surface area contributed by atoms with Crippen molar-refractivity contribution in [3.63, 3.8) is 0 Å². The van der Waals surface area contributed by atoms with Gasteiger partial charge in [-0.3, -0.25) is 0 Å². The van der Waals surface area contributed by atoms with Crippen LogP contribution in [0.15, 0.2) is 60.1 Å². The molecule has 2 unspecified atom stereocenters. The molecule has 0 radical (unpaired) electrons. The van der Waals surface area contributed by atoms with Gasteiger partial charge in [-0.05, 0) is 121 Å². The summed E-state index contributed by atoms with van der Waals surface area (Å²) < 4.78 is 0. The van der Waals surface area contributed by atoms with Gasteiger partial charge in [0.15, 0.2) is 0 Å². The first-order valence-electron chi connectivity index (χ1n) is 17.7. The monoisotopic (exact) mass is 666 g/mol. The first-order chi connectivity index (χ1) is 20.7. The number of hydrogen-bond donors (Lipinski definition) is 0. The van der Waals surface area contributed by atoms with Crippen molar-refractivity contribution in [3.8, 4) is 0 Å². The second-order valence-electron chi connectivity index (χ2n) is 11.7. The molecule has 0 N–H and O–H groups in total. The Morgan fingerprint density at radius 2 is 0.721 bits per heavy atom. The minimum absolute atomic E-state index is 0. The van der Waals surface area contributed by atoms with E-state index in [2.05, 4.69) is 102 Å². The van der Waals surface area contributed by atoms with E-state index in [1.807, 2.05) is 0 Å². The van der Waals surface area contributed by atoms with Gasteiger partial charge in [-0.1, -0.05) is 129 Å². The molecule has 43 heavy (non-hydrogen) atoms. The maximum absolute atomic E-state index is 2.38. The van der Waals surface area contributed by atoms with Crippen LogP contribution in [0.3, 0.4) is 0 Å². The van der Waals surface area contributed by atoms with E-state index in [-0.39, 0.29) is 16.5 Å². The third-order valence-electron chi connectivity index (χ3n) is 7.97. The molecule has 0 bridgehead atoms. The SMILES string of the molecule is CCCCc1ccccc[pH]c(CCCC)c1CCCC.CCCCc1ccccc[pH]c(CCCC)c1CCCC.[Ni]. The van der Waals surface area contributed by atoms with Crippen LogP contribution in [0.25, 0.3) is 0 Å². The Labute approximate surface area is 281 Å². The van der Waals surface area contributed by atoms with Crippen molar-refractivity contribution in [3.05, 3.63) is 93.0 Å². The molecule has 2 atom stereocenters. The molecule has 0 spiro atoms. The normalized spacial score (nSPS) is 10.6. The second-order valence-corrected chi connectivity index (χ2v) is 14.1. The molecule has 3 heteroatoms. The van der Waals surface area contributed by atoms with Crippen LogP contribution >= 0.6 is 16.4 Å². The Balaban J connectivity index is 0.000000802. The van der Waals surface area contributed by atoms with Gasteiger partial charge in [-0.15, -0.1) is 16.4 Å². The third kappa shape index (κ3) is 19.2. The van der Waals surface area contributed by atoms with Crippen LogP contribution < -0.4 is 0 Å². The fraction of sp³-hybridized carbons (Fsp3) is 0.600. The summed E-state index contributed by atoms with van der Waals surface area (Å²) in [4.78, 5) is 0. The van der Waals surface area contributed by atoms with Crippen molar-refractivity contribution in [1.82, 2.24) is 0 Å². The van der Waals surface area contributed by atoms with E-state index in [1.54, 1.807) is 32.8 Å². The van der Waals surface area contributed by atoms with Crippen molar-refractivity contribution < 1.29 is 16.5 Å². The molecule has 0 aliphatic carbocycles. The summed E-state index contributed by atoms with van der Waals surface area (Å²) in [5.41, 5.74) is 6.63. The fourth-order valence-corrected chi connectivity index (χ4v) is 7.71. The molecular formula is C40H66NiP2. The average Bonchev–Trinajstić information content (AvgIpc) is 3.16. The van der Waals surface area contributed by atoms with E-state index in [0.29, 0.717) is 0 Å². The van der Waals surface area contributed by atoms with Crippen molar-refractivity contribution in [1.29, 1.82) is 0 Å². The first kappa shape index (κ1) is 42.0. The van der Waals surface area contributed by atoms with Crippen LogP contribution in [0.1, 0.15) is 151 Å². The van der Waals surface area contributed by atoms with Gasteiger partial charge in [0.25, 0.3) is 0 Å². The minimum atomic E-state index is 0. The first-order valence-corrected chi connectivity index (χ1v) is 19.8. The molecule has 2 heterocycles. The molecule has 0 aliphatic heterocycles. The van der Waals surface area contributed by atoms with Crippen LogP contribution in [0, 0.1) is 0 Å². The number of hydrogen-bond acceptors (Lipinski definition) is 0. The van der Waals surface area contributed by atoms with E-state index in [9.17, 15) is 0 Å². The summed E-state index contributed by atoms with van der Waals surface area (Å²) in [5, 5.41) is 3.46. The van der Waals surface area contributed by atoms with Crippen molar-refractivity contribution in [2.45, 2.75) is 157 Å². The van der Waals surface area contributed by atoms with Gasteiger partial charge in [0.05, 0.1) is 0 Å². The van der Waals surface area contributed by atoms with E-state index in [0.717, 1.165) is 16.4 Å². The topological polar surface area (TPSA) is 0 Å². The minimum Gasteiger partial charge on any atom is -0.136 e. The molecule has 0 aliphatic rings. The van der Waals surface area contributed by atoms with E-state index in [4.69, 9.17) is 0 Å². The number of aryl methyl sites for hydroxylation is 4. The second kappa shape index (κ2) is 29.7. The molecule has 2 rings (SSSR count). The Morgan fingerprint density at radius 3 is 1.07 bits per heavy atom. The largest absolute Gasteiger partial charge is 0.136 e. The van der Waals surface area contributed by atoms with Crippen molar-refractivity contribution >= 4 is 16.4 Å². The van der Waals surface area contributed by atoms with Crippen molar-refractivity contribution in [2.75, 3.05) is 0 Å². The summed E-state index contributed by atoms with van der Waals surface area (Å²) in [7, 11) is 1.75. The van der Waals surface area contributed by atoms with Crippen LogP contribution in [0.5, 0.6) is 0 Å². The van der Waals surface area contributed by atoms with Gasteiger partial charge in [0, 0.05) is 16.5 Å². The Kier molecular flexibility index (Phi) is 29.0. The third-order valence-corrected chi connectivity index (χ3v) is 10.5. The molecule has 0 saturated heterocycles. The van der Waals surface area contributed by atoms with Gasteiger partial charge < -0.3 is 0 Å². The Bertz CT molecular complexity index is 877. The maximum Gasteiger partial charge on any atom is 0 e. The van der Waals surface area contributed by atoms with E-state index in [1.165, 1.54) is 116 Å². The number of unbranched alkanes of at least 4 members (excludes halogenated alkanes) is 6. The summed E-state index contributed by atoms with van der Waals surface area (Å²) in [6, 6.07) is 18.1. The molecule has 0 saturated carbocycles. The number of rotatable bonds is 18. The Morgan fingerprint density at radius 1 is 0.395 bits per heavy atom. The van der Waals surface area contributed by atoms with Crippen LogP contribution in [0.2, 0.25) is 0 Å². The molecular weight excluding hydrogens is 601 g/mol. The maximum atomic E-state index is 2.38. The zero-order valence-corrected chi connectivity index (χ0v) is 31.8. The summed E-state index contributed by atoms with van der Waals surface area (Å²) in [6.07, 6.45) is 23.3. The molecule has 2 aromatic rings. The van der Waals surface area contributed by atoms with Crippen LogP contribution in [-0.2, 0) is 55.0 Å². The fourth-order valence-electron chi connectivity index (χ4n) is 5.33. The standard InChI is InChI=1S/2C20H33P.Ni/c2*1-4-7-13-18-14-11-10-12-17-21-20(16-9-6-3)19(18)15-8-5-2;/h2*10-12,14,17,21H,4-9,13,15-16H2,1-3H3;. The van der Waals surface area contributed by atoms with Gasteiger partial charge in [0.2, 0.25) is 0 Å². The smallest absolute Gasteiger partial charge is 0 e. The molecule has 246 valence electrons. The van der Waals surface area contributed by atoms with Gasteiger partial charge >= 0.3 is 0 Å². The zero-order valence-electron chi connectivity index (χ0n) is 28.8.